The van der Waals surface area contributed by atoms with E-state index in [0.29, 0.717) is 0 Å². The maximum absolute atomic E-state index is 8.70. The second kappa shape index (κ2) is 18.5. The van der Waals surface area contributed by atoms with Crippen LogP contribution in [0.2, 0.25) is 0 Å². The Hall–Kier alpha value is -2.95. The van der Waals surface area contributed by atoms with E-state index < -0.39 is 0 Å². The summed E-state index contributed by atoms with van der Waals surface area (Å²) in [4.78, 5) is 49.7. The molecule has 8 nitrogen and oxygen atoms in total. The first kappa shape index (κ1) is 33.2. The molecule has 0 aromatic carbocycles. The minimum atomic E-state index is 0. The molecular formula is C24H28N4O4Rh2+4. The van der Waals surface area contributed by atoms with E-state index >= 15 is 0 Å². The molecule has 0 bridgehead atoms. The van der Waals surface area contributed by atoms with Crippen molar-refractivity contribution in [2.75, 3.05) is 0 Å². The molecule has 0 aliphatic heterocycles. The third-order valence-electron chi connectivity index (χ3n) is 3.49. The van der Waals surface area contributed by atoms with Crippen LogP contribution in [0.15, 0.2) is 72.8 Å². The quantitative estimate of drug-likeness (QED) is 0.194. The van der Waals surface area contributed by atoms with Crippen LogP contribution in [0.25, 0.3) is 0 Å². The number of hydrogen-bond donors (Lipinski definition) is 0. The molecule has 4 aromatic heterocycles. The van der Waals surface area contributed by atoms with E-state index in [2.05, 4.69) is 19.9 Å². The summed E-state index contributed by atoms with van der Waals surface area (Å²) in [6.07, 6.45) is 0. The molecule has 0 saturated heterocycles. The van der Waals surface area contributed by atoms with Gasteiger partial charge in [0.1, 0.15) is 0 Å². The molecule has 0 spiro atoms. The van der Waals surface area contributed by atoms with E-state index in [1.54, 1.807) is 48.5 Å². The molecule has 182 valence electrons. The maximum atomic E-state index is 8.70. The number of nitrogens with zero attached hydrogens (tertiary/aromatic N) is 4. The van der Waals surface area contributed by atoms with Crippen molar-refractivity contribution in [3.63, 3.8) is 0 Å². The molecule has 4 N–H and O–H groups in total. The zero-order valence-corrected chi connectivity index (χ0v) is 22.4. The van der Waals surface area contributed by atoms with Crippen LogP contribution in [0, 0.1) is 27.7 Å². The van der Waals surface area contributed by atoms with Crippen molar-refractivity contribution in [3.05, 3.63) is 118 Å². The summed E-state index contributed by atoms with van der Waals surface area (Å²) in [7, 11) is 0. The molecule has 0 atom stereocenters. The van der Waals surface area contributed by atoms with Crippen molar-refractivity contribution in [1.82, 2.24) is 19.9 Å². The number of rotatable bonds is 0. The Balaban J connectivity index is 0. The zero-order chi connectivity index (χ0) is 23.9. The normalized spacial score (nSPS) is 8.59. The Morgan fingerprint density at radius 3 is 0.647 bits per heavy atom. The molecule has 10 heteroatoms. The molecular weight excluding hydrogens is 614 g/mol. The van der Waals surface area contributed by atoms with Crippen LogP contribution in [0.5, 0.6) is 0 Å². The smallest absolute Gasteiger partial charge is 0.577 e. The molecule has 0 unspecified atom stereocenters. The van der Waals surface area contributed by atoms with Crippen molar-refractivity contribution in [2.24, 2.45) is 0 Å². The Morgan fingerprint density at radius 1 is 0.382 bits per heavy atom. The fourth-order valence-electron chi connectivity index (χ4n) is 2.11. The van der Waals surface area contributed by atoms with Gasteiger partial charge in [-0.1, -0.05) is 76.2 Å². The fourth-order valence-corrected chi connectivity index (χ4v) is 2.11. The molecule has 0 aliphatic rings. The molecule has 0 saturated carbocycles. The topological polar surface area (TPSA) is 142 Å². The first-order chi connectivity index (χ1) is 15.2. The summed E-state index contributed by atoms with van der Waals surface area (Å²) in [6, 6.07) is 20.6. The van der Waals surface area contributed by atoms with E-state index in [9.17, 15) is 0 Å². The largest absolute Gasteiger partial charge is 2.00 e. The minimum Gasteiger partial charge on any atom is -0.577 e. The monoisotopic (exact) mass is 642 g/mol. The van der Waals surface area contributed by atoms with Gasteiger partial charge >= 0.3 is 39.0 Å². The number of aromatic nitrogens is 4. The van der Waals surface area contributed by atoms with Gasteiger partial charge in [-0.05, 0) is 0 Å². The zero-order valence-electron chi connectivity index (χ0n) is 19.2. The van der Waals surface area contributed by atoms with Crippen molar-refractivity contribution in [3.8, 4) is 0 Å². The van der Waals surface area contributed by atoms with Gasteiger partial charge in [-0.25, -0.2) is 0 Å². The average Bonchev–Trinajstić information content (AvgIpc) is 2.69. The second-order valence-corrected chi connectivity index (χ2v) is 6.55. The minimum absolute atomic E-state index is 0. The van der Waals surface area contributed by atoms with Gasteiger partial charge in [0.2, 0.25) is 0 Å². The SMILES string of the molecule is Cc1cccc(=[OH+])[n-]1.Cc1cccc(=[OH+])[n-]1.Cc1cccc(=[OH+])[n-]1.Cc1cccc(=[OH+])[n-]1.[Rh+2].[Rh+2]. The van der Waals surface area contributed by atoms with Gasteiger partial charge < -0.3 is 19.9 Å². The Labute approximate surface area is 222 Å². The predicted molar refractivity (Wildman–Crippen MR) is 118 cm³/mol. The second-order valence-electron chi connectivity index (χ2n) is 6.55. The summed E-state index contributed by atoms with van der Waals surface area (Å²) in [5, 5.41) is 0. The van der Waals surface area contributed by atoms with Gasteiger partial charge in [-0.15, -0.1) is 0 Å². The molecule has 34 heavy (non-hydrogen) atoms. The summed E-state index contributed by atoms with van der Waals surface area (Å²) in [5.41, 5.74) is 3.70. The first-order valence-electron chi connectivity index (χ1n) is 9.66. The maximum Gasteiger partial charge on any atom is 2.00 e. The average molecular weight is 642 g/mol. The van der Waals surface area contributed by atoms with Crippen LogP contribution >= 0.6 is 0 Å². The standard InChI is InChI=1S/4C6H7NO.2Rh/c4*1-5-3-2-4-6(8)7-5;;/h4*2-4H,1H3,(H,7,8);;/q;;;;2*+2. The van der Waals surface area contributed by atoms with E-state index in [-0.39, 0.29) is 61.2 Å². The van der Waals surface area contributed by atoms with Crippen LogP contribution < -0.4 is 42.2 Å². The number of aryl methyl sites for hydroxylation is 4. The van der Waals surface area contributed by atoms with E-state index in [1.807, 2.05) is 52.0 Å². The molecule has 0 fully saturated rings. The third-order valence-corrected chi connectivity index (χ3v) is 3.49. The molecule has 4 aromatic rings. The van der Waals surface area contributed by atoms with Gasteiger partial charge in [-0.2, -0.15) is 22.8 Å². The van der Waals surface area contributed by atoms with Gasteiger partial charge in [-0.3, -0.25) is 19.2 Å². The molecule has 0 amide bonds. The van der Waals surface area contributed by atoms with E-state index in [0.717, 1.165) is 22.8 Å². The van der Waals surface area contributed by atoms with Crippen LogP contribution in [-0.4, -0.2) is 19.2 Å². The first-order valence-corrected chi connectivity index (χ1v) is 9.66. The van der Waals surface area contributed by atoms with Gasteiger partial charge in [0.15, 0.2) is 0 Å². The van der Waals surface area contributed by atoms with Crippen molar-refractivity contribution in [2.45, 2.75) is 27.7 Å². The molecule has 0 aliphatic carbocycles. The van der Waals surface area contributed by atoms with Crippen LogP contribution in [0.3, 0.4) is 0 Å². The van der Waals surface area contributed by atoms with E-state index in [1.165, 1.54) is 0 Å². The Bertz CT molecular complexity index is 1120. The fraction of sp³-hybridized carbons (Fsp3) is 0.167. The Kier molecular flexibility index (Phi) is 18.0. The van der Waals surface area contributed by atoms with Gasteiger partial charge in [0.05, 0.1) is 0 Å². The van der Waals surface area contributed by atoms with Gasteiger partial charge in [0, 0.05) is 24.3 Å². The van der Waals surface area contributed by atoms with Crippen LogP contribution in [0.1, 0.15) is 22.8 Å². The summed E-state index contributed by atoms with van der Waals surface area (Å²) in [6.45, 7) is 7.33. The molecule has 4 rings (SSSR count). The van der Waals surface area contributed by atoms with Crippen molar-refractivity contribution >= 4 is 0 Å². The summed E-state index contributed by atoms with van der Waals surface area (Å²) < 4.78 is 0. The van der Waals surface area contributed by atoms with Crippen LogP contribution in [0.4, 0.5) is 0 Å². The number of pyridine rings is 4. The van der Waals surface area contributed by atoms with Crippen molar-refractivity contribution in [1.29, 1.82) is 0 Å². The predicted octanol–water partition coefficient (Wildman–Crippen LogP) is -0.178. The third kappa shape index (κ3) is 16.6. The number of hydrogen-bond acceptors (Lipinski definition) is 0. The molecule has 4 heterocycles. The van der Waals surface area contributed by atoms with Gasteiger partial charge in [0.25, 0.3) is 22.2 Å². The summed E-state index contributed by atoms with van der Waals surface area (Å²) >= 11 is 0. The van der Waals surface area contributed by atoms with E-state index in [4.69, 9.17) is 19.2 Å². The van der Waals surface area contributed by atoms with Crippen LogP contribution in [-0.2, 0) is 39.0 Å². The van der Waals surface area contributed by atoms with Crippen molar-refractivity contribution < 1.29 is 58.1 Å². The molecule has 2 radical (unpaired) electrons. The summed E-state index contributed by atoms with van der Waals surface area (Å²) in [5.74, 6) is 0. The Morgan fingerprint density at radius 2 is 0.559 bits per heavy atom.